The number of benzene rings is 2. The maximum absolute atomic E-state index is 14.1. The molecule has 0 aromatic heterocycles. The van der Waals surface area contributed by atoms with Crippen LogP contribution in [0, 0.1) is 30.2 Å². The largest absolute Gasteiger partial charge is 0.459 e. The van der Waals surface area contributed by atoms with E-state index in [1.165, 1.54) is 19.1 Å². The summed E-state index contributed by atoms with van der Waals surface area (Å²) in [4.78, 5) is 25.8. The number of carbonyl (C=O) groups is 2. The Bertz CT molecular complexity index is 899. The van der Waals surface area contributed by atoms with Crippen LogP contribution in [0.5, 0.6) is 0 Å². The smallest absolute Gasteiger partial charge is 0.326 e. The van der Waals surface area contributed by atoms with Crippen LogP contribution in [-0.2, 0) is 9.53 Å². The Morgan fingerprint density at radius 2 is 1.57 bits per heavy atom. The van der Waals surface area contributed by atoms with Gasteiger partial charge in [0, 0.05) is 17.7 Å². The molecule has 0 saturated heterocycles. The van der Waals surface area contributed by atoms with Crippen LogP contribution in [0.25, 0.3) is 0 Å². The van der Waals surface area contributed by atoms with Crippen molar-refractivity contribution in [1.29, 1.82) is 0 Å². The molecule has 0 bridgehead atoms. The molecule has 2 aromatic rings. The molecule has 2 rings (SSSR count). The number of esters is 1. The quantitative estimate of drug-likeness (QED) is 0.562. The number of ether oxygens (including phenoxy) is 1. The summed E-state index contributed by atoms with van der Waals surface area (Å²) in [7, 11) is 0. The van der Waals surface area contributed by atoms with Crippen LogP contribution >= 0.6 is 0 Å². The lowest BCUT2D eigenvalue weighted by atomic mass is 10.1. The van der Waals surface area contributed by atoms with E-state index in [0.29, 0.717) is 17.0 Å². The number of hydrogen-bond donors (Lipinski definition) is 0. The van der Waals surface area contributed by atoms with Crippen molar-refractivity contribution in [1.82, 2.24) is 0 Å². The van der Waals surface area contributed by atoms with E-state index in [1.807, 2.05) is 0 Å². The average Bonchev–Trinajstić information content (AvgIpc) is 2.52. The molecule has 0 spiro atoms. The molecule has 0 unspecified atom stereocenters. The average molecular weight is 397 g/mol. The van der Waals surface area contributed by atoms with Gasteiger partial charge in [-0.2, -0.15) is 0 Å². The summed E-state index contributed by atoms with van der Waals surface area (Å²) >= 11 is 0. The molecule has 0 radical (unpaired) electrons. The highest BCUT2D eigenvalue weighted by Gasteiger charge is 2.30. The predicted molar refractivity (Wildman–Crippen MR) is 95.0 cm³/mol. The van der Waals surface area contributed by atoms with Gasteiger partial charge in [0.1, 0.15) is 41.0 Å². The van der Waals surface area contributed by atoms with Crippen molar-refractivity contribution in [3.8, 4) is 0 Å². The third kappa shape index (κ3) is 4.88. The third-order valence-electron chi connectivity index (χ3n) is 3.70. The van der Waals surface area contributed by atoms with Crippen LogP contribution in [0.2, 0.25) is 0 Å². The molecule has 0 saturated carbocycles. The van der Waals surface area contributed by atoms with Crippen molar-refractivity contribution in [2.24, 2.45) is 0 Å². The summed E-state index contributed by atoms with van der Waals surface area (Å²) in [6.07, 6.45) is 0. The van der Waals surface area contributed by atoms with Crippen molar-refractivity contribution in [2.45, 2.75) is 33.3 Å². The molecule has 2 aromatic carbocycles. The van der Waals surface area contributed by atoms with E-state index < -0.39 is 52.9 Å². The minimum Gasteiger partial charge on any atom is -0.459 e. The Kier molecular flexibility index (Phi) is 6.11. The lowest BCUT2D eigenvalue weighted by Crippen LogP contribution is -2.40. The highest BCUT2D eigenvalue weighted by molar-refractivity contribution is 6.09. The second kappa shape index (κ2) is 8.00. The highest BCUT2D eigenvalue weighted by atomic mass is 19.1. The molecule has 0 N–H and O–H groups in total. The monoisotopic (exact) mass is 397 g/mol. The first-order chi connectivity index (χ1) is 12.9. The number of rotatable bonds is 4. The van der Waals surface area contributed by atoms with Gasteiger partial charge >= 0.3 is 5.97 Å². The molecule has 0 fully saturated rings. The maximum atomic E-state index is 14.1. The molecule has 0 aliphatic heterocycles. The molecular weight excluding hydrogens is 378 g/mol. The van der Waals surface area contributed by atoms with Gasteiger partial charge in [0.05, 0.1) is 5.69 Å². The number of carbonyl (C=O) groups excluding carboxylic acids is 2. The zero-order valence-electron chi connectivity index (χ0n) is 15.8. The lowest BCUT2D eigenvalue weighted by molar-refractivity contribution is -0.152. The normalized spacial score (nSPS) is 11.3. The van der Waals surface area contributed by atoms with E-state index in [4.69, 9.17) is 4.74 Å². The van der Waals surface area contributed by atoms with E-state index in [0.717, 1.165) is 6.07 Å². The van der Waals surface area contributed by atoms with Gasteiger partial charge in [-0.3, -0.25) is 14.5 Å². The fraction of sp³-hybridized carbons (Fsp3) is 0.300. The summed E-state index contributed by atoms with van der Waals surface area (Å²) in [5.74, 6) is -6.90. The van der Waals surface area contributed by atoms with Crippen molar-refractivity contribution in [3.63, 3.8) is 0 Å². The van der Waals surface area contributed by atoms with Gasteiger partial charge < -0.3 is 4.74 Å². The van der Waals surface area contributed by atoms with E-state index in [-0.39, 0.29) is 11.3 Å². The summed E-state index contributed by atoms with van der Waals surface area (Å²) in [5, 5.41) is 0. The van der Waals surface area contributed by atoms with E-state index >= 15 is 0 Å². The van der Waals surface area contributed by atoms with Crippen molar-refractivity contribution < 1.29 is 31.9 Å². The van der Waals surface area contributed by atoms with E-state index in [9.17, 15) is 27.2 Å². The van der Waals surface area contributed by atoms with Crippen molar-refractivity contribution in [2.75, 3.05) is 11.4 Å². The number of nitrogens with zero attached hydrogens (tertiary/aromatic N) is 1. The van der Waals surface area contributed by atoms with Gasteiger partial charge in [-0.15, -0.1) is 0 Å². The number of halogens is 4. The standard InChI is InChI=1S/C20H19F4NO3/c1-11-13(22)6-5-7-16(11)25(10-17(26)28-20(2,3)4)19(27)18-14(23)8-12(21)9-15(18)24/h5-9H,10H2,1-4H3. The van der Waals surface area contributed by atoms with Crippen molar-refractivity contribution in [3.05, 3.63) is 64.7 Å². The molecule has 0 heterocycles. The fourth-order valence-corrected chi connectivity index (χ4v) is 2.54. The van der Waals surface area contributed by atoms with Crippen LogP contribution in [0.3, 0.4) is 0 Å². The lowest BCUT2D eigenvalue weighted by Gasteiger charge is -2.26. The van der Waals surface area contributed by atoms with Gasteiger partial charge in [-0.05, 0) is 39.8 Å². The van der Waals surface area contributed by atoms with E-state index in [2.05, 4.69) is 0 Å². The molecular formula is C20H19F4NO3. The first-order valence-electron chi connectivity index (χ1n) is 8.34. The number of anilines is 1. The minimum atomic E-state index is -1.44. The Balaban J connectivity index is 2.54. The van der Waals surface area contributed by atoms with Crippen LogP contribution in [0.4, 0.5) is 23.2 Å². The van der Waals surface area contributed by atoms with Crippen LogP contribution in [0.1, 0.15) is 36.7 Å². The van der Waals surface area contributed by atoms with Gasteiger partial charge in [0.15, 0.2) is 0 Å². The predicted octanol–water partition coefficient (Wildman–Crippen LogP) is 4.54. The maximum Gasteiger partial charge on any atom is 0.326 e. The Labute approximate surface area is 159 Å². The molecule has 0 atom stereocenters. The fourth-order valence-electron chi connectivity index (χ4n) is 2.54. The molecule has 0 aliphatic rings. The first kappa shape index (κ1) is 21.4. The summed E-state index contributed by atoms with van der Waals surface area (Å²) in [6, 6.07) is 4.43. The van der Waals surface area contributed by atoms with Gasteiger partial charge in [0.2, 0.25) is 0 Å². The van der Waals surface area contributed by atoms with Crippen molar-refractivity contribution >= 4 is 17.6 Å². The molecule has 0 aliphatic carbocycles. The topological polar surface area (TPSA) is 46.6 Å². The Morgan fingerprint density at radius 1 is 1.00 bits per heavy atom. The van der Waals surface area contributed by atoms with Crippen LogP contribution < -0.4 is 4.90 Å². The van der Waals surface area contributed by atoms with Crippen LogP contribution in [0.15, 0.2) is 30.3 Å². The summed E-state index contributed by atoms with van der Waals surface area (Å²) in [5.41, 5.74) is -2.02. The van der Waals surface area contributed by atoms with E-state index in [1.54, 1.807) is 20.8 Å². The summed E-state index contributed by atoms with van der Waals surface area (Å²) in [6.45, 7) is 5.42. The molecule has 150 valence electrons. The number of hydrogen-bond acceptors (Lipinski definition) is 3. The molecule has 1 amide bonds. The molecule has 28 heavy (non-hydrogen) atoms. The zero-order valence-corrected chi connectivity index (χ0v) is 15.8. The Morgan fingerprint density at radius 3 is 2.11 bits per heavy atom. The second-order valence-corrected chi connectivity index (χ2v) is 7.11. The van der Waals surface area contributed by atoms with Gasteiger partial charge in [-0.1, -0.05) is 6.07 Å². The van der Waals surface area contributed by atoms with Gasteiger partial charge in [0.25, 0.3) is 5.91 Å². The van der Waals surface area contributed by atoms with Crippen LogP contribution in [-0.4, -0.2) is 24.0 Å². The third-order valence-corrected chi connectivity index (χ3v) is 3.70. The summed E-state index contributed by atoms with van der Waals surface area (Å²) < 4.78 is 60.5. The SMILES string of the molecule is Cc1c(F)cccc1N(CC(=O)OC(C)(C)C)C(=O)c1c(F)cc(F)cc1F. The molecule has 4 nitrogen and oxygen atoms in total. The van der Waals surface area contributed by atoms with Gasteiger partial charge in [-0.25, -0.2) is 17.6 Å². The molecule has 8 heteroatoms. The zero-order chi connectivity index (χ0) is 21.2. The second-order valence-electron chi connectivity index (χ2n) is 7.11. The first-order valence-corrected chi connectivity index (χ1v) is 8.34. The minimum absolute atomic E-state index is 0.0117. The Hall–Kier alpha value is -2.90. The highest BCUT2D eigenvalue weighted by Crippen LogP contribution is 2.26. The number of amides is 1.